The molecule has 5 nitrogen and oxygen atoms in total. The van der Waals surface area contributed by atoms with E-state index in [0.29, 0.717) is 39.1 Å². The Labute approximate surface area is 119 Å². The summed E-state index contributed by atoms with van der Waals surface area (Å²) in [6.45, 7) is 2.05. The minimum Gasteiger partial charge on any atom is -0.392 e. The van der Waals surface area contributed by atoms with Crippen molar-refractivity contribution in [1.82, 2.24) is 5.32 Å². The summed E-state index contributed by atoms with van der Waals surface area (Å²) in [5.74, 6) is 0.00883. The first kappa shape index (κ1) is 15.0. The van der Waals surface area contributed by atoms with E-state index < -0.39 is 5.41 Å². The predicted octanol–water partition coefficient (Wildman–Crippen LogP) is 0.551. The lowest BCUT2D eigenvalue weighted by Crippen LogP contribution is -2.48. The zero-order valence-electron chi connectivity index (χ0n) is 11.6. The van der Waals surface area contributed by atoms with Crippen LogP contribution in [0.1, 0.15) is 24.0 Å². The molecular weight excluding hydrogens is 256 g/mol. The van der Waals surface area contributed by atoms with Gasteiger partial charge < -0.3 is 20.9 Å². The standard InChI is InChI=1S/C15H22N2O3/c16-11-15(5-7-20-8-6-15)14(19)17-9-12-1-3-13(10-18)4-2-12/h1-4,18H,5-11,16H2,(H,17,19). The second kappa shape index (κ2) is 6.83. The van der Waals surface area contributed by atoms with E-state index in [1.807, 2.05) is 24.3 Å². The molecule has 0 spiro atoms. The third-order valence-electron chi connectivity index (χ3n) is 3.98. The predicted molar refractivity (Wildman–Crippen MR) is 75.8 cm³/mol. The van der Waals surface area contributed by atoms with Gasteiger partial charge in [-0.15, -0.1) is 0 Å². The van der Waals surface area contributed by atoms with Crippen molar-refractivity contribution < 1.29 is 14.6 Å². The highest BCUT2D eigenvalue weighted by Gasteiger charge is 2.38. The summed E-state index contributed by atoms with van der Waals surface area (Å²) in [5.41, 5.74) is 7.19. The van der Waals surface area contributed by atoms with Crippen molar-refractivity contribution in [3.8, 4) is 0 Å². The molecular formula is C15H22N2O3. The molecule has 1 heterocycles. The number of benzene rings is 1. The zero-order chi connectivity index (χ0) is 14.4. The van der Waals surface area contributed by atoms with Gasteiger partial charge in [0.15, 0.2) is 0 Å². The van der Waals surface area contributed by atoms with E-state index >= 15 is 0 Å². The molecule has 0 bridgehead atoms. The van der Waals surface area contributed by atoms with Gasteiger partial charge in [0.05, 0.1) is 12.0 Å². The Morgan fingerprint density at radius 3 is 2.40 bits per heavy atom. The van der Waals surface area contributed by atoms with Crippen LogP contribution in [0.2, 0.25) is 0 Å². The van der Waals surface area contributed by atoms with Crippen LogP contribution in [-0.4, -0.2) is 30.8 Å². The fourth-order valence-corrected chi connectivity index (χ4v) is 2.42. The minimum absolute atomic E-state index is 0.00883. The number of amides is 1. The van der Waals surface area contributed by atoms with Gasteiger partial charge in [-0.25, -0.2) is 0 Å². The largest absolute Gasteiger partial charge is 0.392 e. The zero-order valence-corrected chi connectivity index (χ0v) is 11.6. The number of ether oxygens (including phenoxy) is 1. The molecule has 1 amide bonds. The van der Waals surface area contributed by atoms with E-state index in [1.54, 1.807) is 0 Å². The lowest BCUT2D eigenvalue weighted by atomic mass is 9.79. The molecule has 1 aliphatic rings. The summed E-state index contributed by atoms with van der Waals surface area (Å²) < 4.78 is 5.31. The van der Waals surface area contributed by atoms with E-state index in [2.05, 4.69) is 5.32 Å². The van der Waals surface area contributed by atoms with Gasteiger partial charge in [-0.05, 0) is 24.0 Å². The van der Waals surface area contributed by atoms with Gasteiger partial charge in [0, 0.05) is 26.3 Å². The highest BCUT2D eigenvalue weighted by Crippen LogP contribution is 2.29. The Morgan fingerprint density at radius 1 is 1.25 bits per heavy atom. The smallest absolute Gasteiger partial charge is 0.227 e. The van der Waals surface area contributed by atoms with Crippen LogP contribution in [0.4, 0.5) is 0 Å². The maximum atomic E-state index is 12.4. The molecule has 5 heteroatoms. The number of nitrogens with one attached hydrogen (secondary N) is 1. The molecule has 110 valence electrons. The quantitative estimate of drug-likeness (QED) is 0.734. The average Bonchev–Trinajstić information content (AvgIpc) is 2.53. The van der Waals surface area contributed by atoms with Crippen LogP contribution in [0, 0.1) is 5.41 Å². The van der Waals surface area contributed by atoms with Gasteiger partial charge in [-0.3, -0.25) is 4.79 Å². The van der Waals surface area contributed by atoms with Crippen LogP contribution in [0.15, 0.2) is 24.3 Å². The molecule has 20 heavy (non-hydrogen) atoms. The van der Waals surface area contributed by atoms with Crippen LogP contribution in [0.5, 0.6) is 0 Å². The first-order chi connectivity index (χ1) is 9.70. The number of aliphatic hydroxyl groups is 1. The van der Waals surface area contributed by atoms with Crippen LogP contribution in [0.3, 0.4) is 0 Å². The van der Waals surface area contributed by atoms with E-state index in [4.69, 9.17) is 15.6 Å². The van der Waals surface area contributed by atoms with E-state index in [0.717, 1.165) is 11.1 Å². The molecule has 0 radical (unpaired) electrons. The number of nitrogens with two attached hydrogens (primary N) is 1. The number of rotatable bonds is 5. The molecule has 1 saturated heterocycles. The molecule has 2 rings (SSSR count). The Morgan fingerprint density at radius 2 is 1.85 bits per heavy atom. The SMILES string of the molecule is NCC1(C(=O)NCc2ccc(CO)cc2)CCOCC1. The van der Waals surface area contributed by atoms with Gasteiger partial charge in [-0.2, -0.15) is 0 Å². The second-order valence-corrected chi connectivity index (χ2v) is 5.25. The third kappa shape index (κ3) is 3.36. The molecule has 1 aromatic carbocycles. The molecule has 1 fully saturated rings. The van der Waals surface area contributed by atoms with E-state index in [-0.39, 0.29) is 12.5 Å². The molecule has 0 saturated carbocycles. The number of aliphatic hydroxyl groups excluding tert-OH is 1. The van der Waals surface area contributed by atoms with Crippen LogP contribution in [0.25, 0.3) is 0 Å². The number of carbonyl (C=O) groups excluding carboxylic acids is 1. The number of hydrogen-bond donors (Lipinski definition) is 3. The fraction of sp³-hybridized carbons (Fsp3) is 0.533. The average molecular weight is 278 g/mol. The third-order valence-corrected chi connectivity index (χ3v) is 3.98. The van der Waals surface area contributed by atoms with Gasteiger partial charge in [-0.1, -0.05) is 24.3 Å². The molecule has 4 N–H and O–H groups in total. The Kier molecular flexibility index (Phi) is 5.11. The molecule has 0 aliphatic carbocycles. The summed E-state index contributed by atoms with van der Waals surface area (Å²) in [6, 6.07) is 7.53. The Hall–Kier alpha value is -1.43. The summed E-state index contributed by atoms with van der Waals surface area (Å²) >= 11 is 0. The highest BCUT2D eigenvalue weighted by atomic mass is 16.5. The summed E-state index contributed by atoms with van der Waals surface area (Å²) in [7, 11) is 0. The topological polar surface area (TPSA) is 84.6 Å². The Balaban J connectivity index is 1.93. The molecule has 0 aromatic heterocycles. The monoisotopic (exact) mass is 278 g/mol. The minimum atomic E-state index is -0.483. The highest BCUT2D eigenvalue weighted by molar-refractivity contribution is 5.83. The van der Waals surface area contributed by atoms with Crippen molar-refractivity contribution in [2.45, 2.75) is 26.0 Å². The summed E-state index contributed by atoms with van der Waals surface area (Å²) in [4.78, 5) is 12.4. The van der Waals surface area contributed by atoms with Gasteiger partial charge in [0.2, 0.25) is 5.91 Å². The maximum absolute atomic E-state index is 12.4. The van der Waals surface area contributed by atoms with Gasteiger partial charge in [0.25, 0.3) is 0 Å². The molecule has 0 unspecified atom stereocenters. The van der Waals surface area contributed by atoms with Crippen molar-refractivity contribution in [2.24, 2.45) is 11.1 Å². The van der Waals surface area contributed by atoms with Crippen molar-refractivity contribution in [2.75, 3.05) is 19.8 Å². The Bertz CT molecular complexity index is 439. The normalized spacial score (nSPS) is 17.7. The van der Waals surface area contributed by atoms with Crippen molar-refractivity contribution in [1.29, 1.82) is 0 Å². The molecule has 1 aromatic rings. The van der Waals surface area contributed by atoms with Crippen LogP contribution in [-0.2, 0) is 22.7 Å². The number of hydrogen-bond acceptors (Lipinski definition) is 4. The first-order valence-electron chi connectivity index (χ1n) is 6.95. The van der Waals surface area contributed by atoms with Crippen LogP contribution < -0.4 is 11.1 Å². The summed E-state index contributed by atoms with van der Waals surface area (Å²) in [6.07, 6.45) is 1.36. The van der Waals surface area contributed by atoms with Gasteiger partial charge >= 0.3 is 0 Å². The van der Waals surface area contributed by atoms with Crippen molar-refractivity contribution in [3.05, 3.63) is 35.4 Å². The number of carbonyl (C=O) groups is 1. The van der Waals surface area contributed by atoms with Crippen molar-refractivity contribution in [3.63, 3.8) is 0 Å². The maximum Gasteiger partial charge on any atom is 0.227 e. The molecule has 0 atom stereocenters. The second-order valence-electron chi connectivity index (χ2n) is 5.25. The van der Waals surface area contributed by atoms with Crippen molar-refractivity contribution >= 4 is 5.91 Å². The van der Waals surface area contributed by atoms with E-state index in [9.17, 15) is 4.79 Å². The lowest BCUT2D eigenvalue weighted by molar-refractivity contribution is -0.136. The molecule has 1 aliphatic heterocycles. The van der Waals surface area contributed by atoms with Gasteiger partial charge in [0.1, 0.15) is 0 Å². The lowest BCUT2D eigenvalue weighted by Gasteiger charge is -2.34. The van der Waals surface area contributed by atoms with E-state index in [1.165, 1.54) is 0 Å². The van der Waals surface area contributed by atoms with Crippen LogP contribution >= 0.6 is 0 Å². The summed E-state index contributed by atoms with van der Waals surface area (Å²) in [5, 5.41) is 11.9. The first-order valence-corrected chi connectivity index (χ1v) is 6.95. The fourth-order valence-electron chi connectivity index (χ4n) is 2.42.